The van der Waals surface area contributed by atoms with Crippen molar-refractivity contribution in [3.8, 4) is 12.1 Å². The van der Waals surface area contributed by atoms with Crippen molar-refractivity contribution in [2.24, 2.45) is 5.73 Å². The van der Waals surface area contributed by atoms with Crippen LogP contribution in [0.1, 0.15) is 60.4 Å². The average Bonchev–Trinajstić information content (AvgIpc) is 3.50. The highest BCUT2D eigenvalue weighted by Gasteiger charge is 2.38. The second-order valence-electron chi connectivity index (χ2n) is 9.62. The Balaban J connectivity index is 0.000000559. The van der Waals surface area contributed by atoms with Gasteiger partial charge in [-0.2, -0.15) is 23.7 Å². The number of aliphatic carboxylic acids is 1. The zero-order valence-corrected chi connectivity index (χ0v) is 23.2. The highest BCUT2D eigenvalue weighted by atomic mass is 32.2. The molecule has 3 N–H and O–H groups in total. The molecule has 40 heavy (non-hydrogen) atoms. The van der Waals surface area contributed by atoms with Crippen LogP contribution in [0.5, 0.6) is 0 Å². The molecule has 3 heterocycles. The fraction of sp³-hybridized carbons (Fsp3) is 0.500. The van der Waals surface area contributed by atoms with Crippen LogP contribution in [0.25, 0.3) is 0 Å². The van der Waals surface area contributed by atoms with Crippen molar-refractivity contribution in [3.05, 3.63) is 52.1 Å². The minimum absolute atomic E-state index is 0.529. The molecule has 2 aromatic rings. The number of pyridine rings is 1. The van der Waals surface area contributed by atoms with E-state index in [-0.39, 0.29) is 0 Å². The topological polar surface area (TPSA) is 130 Å². The summed E-state index contributed by atoms with van der Waals surface area (Å²) in [6, 6.07) is 13.6. The first-order valence-corrected chi connectivity index (χ1v) is 14.2. The summed E-state index contributed by atoms with van der Waals surface area (Å²) >= 11 is 1.58. The molecule has 0 aliphatic carbocycles. The number of likely N-dealkylation sites (tertiary alicyclic amines) is 1. The summed E-state index contributed by atoms with van der Waals surface area (Å²) in [7, 11) is 0. The zero-order valence-electron chi connectivity index (χ0n) is 22.4. The van der Waals surface area contributed by atoms with E-state index in [4.69, 9.17) is 20.6 Å². The van der Waals surface area contributed by atoms with E-state index in [0.29, 0.717) is 30.1 Å². The first-order valence-electron chi connectivity index (χ1n) is 13.2. The van der Waals surface area contributed by atoms with Crippen LogP contribution in [-0.4, -0.2) is 59.4 Å². The van der Waals surface area contributed by atoms with Gasteiger partial charge in [-0.25, -0.2) is 9.78 Å². The smallest absolute Gasteiger partial charge is 0.475 e. The Morgan fingerprint density at radius 3 is 2.10 bits per heavy atom. The Morgan fingerprint density at radius 2 is 1.62 bits per heavy atom. The van der Waals surface area contributed by atoms with E-state index >= 15 is 0 Å². The molecule has 0 unspecified atom stereocenters. The molecule has 2 saturated heterocycles. The number of nitrogens with two attached hydrogens (primary N) is 1. The fourth-order valence-corrected chi connectivity index (χ4v) is 5.95. The molecule has 214 valence electrons. The lowest BCUT2D eigenvalue weighted by molar-refractivity contribution is -0.192. The van der Waals surface area contributed by atoms with Crippen molar-refractivity contribution in [2.45, 2.75) is 68.6 Å². The number of hydrogen-bond donors (Lipinski definition) is 2. The molecule has 0 radical (unpaired) electrons. The Bertz CT molecular complexity index is 1240. The van der Waals surface area contributed by atoms with Gasteiger partial charge < -0.3 is 20.6 Å². The largest absolute Gasteiger partial charge is 0.490 e. The summed E-state index contributed by atoms with van der Waals surface area (Å²) in [4.78, 5) is 18.7. The Morgan fingerprint density at radius 1 is 1.07 bits per heavy atom. The van der Waals surface area contributed by atoms with Crippen molar-refractivity contribution >= 4 is 23.5 Å². The maximum absolute atomic E-state index is 10.6. The standard InChI is InChI=1S/C26H32N6S.C2HF3O2/c1-2-22-23(16-28)25(32-13-9-21(10-14-32)31-11-3-4-12-31)30-26(24(22)17-29)33-18-20-7-5-19(15-27)6-8-20;3-2(4,5)1(6)7/h5-8,21H,2-4,9-15,18,27H2,1H3;(H,6,7). The molecule has 1 aromatic carbocycles. The first kappa shape index (κ1) is 31.2. The number of piperidine rings is 1. The molecule has 8 nitrogen and oxygen atoms in total. The minimum Gasteiger partial charge on any atom is -0.475 e. The number of carboxylic acids is 1. The van der Waals surface area contributed by atoms with Crippen LogP contribution in [0.2, 0.25) is 0 Å². The summed E-state index contributed by atoms with van der Waals surface area (Å²) in [5, 5.41) is 27.8. The summed E-state index contributed by atoms with van der Waals surface area (Å²) in [5.41, 5.74) is 9.93. The number of nitriles is 2. The predicted molar refractivity (Wildman–Crippen MR) is 147 cm³/mol. The van der Waals surface area contributed by atoms with Gasteiger partial charge in [-0.3, -0.25) is 0 Å². The number of carbonyl (C=O) groups is 1. The van der Waals surface area contributed by atoms with Gasteiger partial charge in [0.05, 0.1) is 11.1 Å². The van der Waals surface area contributed by atoms with E-state index in [9.17, 15) is 23.7 Å². The van der Waals surface area contributed by atoms with Crippen molar-refractivity contribution in [1.29, 1.82) is 10.5 Å². The number of nitrogens with zero attached hydrogens (tertiary/aromatic N) is 5. The van der Waals surface area contributed by atoms with Gasteiger partial charge in [0.1, 0.15) is 23.0 Å². The molecule has 2 aliphatic rings. The van der Waals surface area contributed by atoms with Crippen molar-refractivity contribution in [3.63, 3.8) is 0 Å². The number of hydrogen-bond acceptors (Lipinski definition) is 8. The number of thioether (sulfide) groups is 1. The molecular weight excluding hydrogens is 541 g/mol. The third-order valence-electron chi connectivity index (χ3n) is 7.12. The second kappa shape index (κ2) is 14.4. The molecule has 0 amide bonds. The lowest BCUT2D eigenvalue weighted by Crippen LogP contribution is -2.44. The highest BCUT2D eigenvalue weighted by Crippen LogP contribution is 2.35. The van der Waals surface area contributed by atoms with E-state index in [1.54, 1.807) is 11.8 Å². The van der Waals surface area contributed by atoms with Gasteiger partial charge in [0.15, 0.2) is 0 Å². The zero-order chi connectivity index (χ0) is 29.3. The molecule has 4 rings (SSSR count). The quantitative estimate of drug-likeness (QED) is 0.446. The summed E-state index contributed by atoms with van der Waals surface area (Å²) in [6.07, 6.45) is 0.384. The normalized spacial score (nSPS) is 16.1. The lowest BCUT2D eigenvalue weighted by atomic mass is 9.99. The van der Waals surface area contributed by atoms with Gasteiger partial charge in [-0.1, -0.05) is 31.2 Å². The van der Waals surface area contributed by atoms with Crippen molar-refractivity contribution in [2.75, 3.05) is 31.1 Å². The lowest BCUT2D eigenvalue weighted by Gasteiger charge is -2.37. The number of alkyl halides is 3. The van der Waals surface area contributed by atoms with E-state index < -0.39 is 12.1 Å². The molecule has 0 atom stereocenters. The number of halogens is 3. The summed E-state index contributed by atoms with van der Waals surface area (Å²) in [5.74, 6) is -1.28. The van der Waals surface area contributed by atoms with Gasteiger partial charge in [0.2, 0.25) is 0 Å². The van der Waals surface area contributed by atoms with Gasteiger partial charge in [0, 0.05) is 31.4 Å². The minimum atomic E-state index is -5.08. The Labute approximate surface area is 236 Å². The van der Waals surface area contributed by atoms with Crippen molar-refractivity contribution < 1.29 is 23.1 Å². The van der Waals surface area contributed by atoms with Crippen LogP contribution in [0.4, 0.5) is 19.0 Å². The van der Waals surface area contributed by atoms with Gasteiger partial charge >= 0.3 is 12.1 Å². The van der Waals surface area contributed by atoms with E-state index in [1.807, 2.05) is 19.1 Å². The molecule has 0 saturated carbocycles. The monoisotopic (exact) mass is 574 g/mol. The second-order valence-corrected chi connectivity index (χ2v) is 10.6. The highest BCUT2D eigenvalue weighted by molar-refractivity contribution is 7.98. The van der Waals surface area contributed by atoms with Crippen LogP contribution in [-0.2, 0) is 23.5 Å². The number of benzene rings is 1. The van der Waals surface area contributed by atoms with Crippen LogP contribution in [0, 0.1) is 22.7 Å². The molecule has 0 bridgehead atoms. The van der Waals surface area contributed by atoms with E-state index in [2.05, 4.69) is 34.1 Å². The Kier molecular flexibility index (Phi) is 11.2. The maximum atomic E-state index is 10.6. The molecular formula is C28H33F3N6O2S. The number of carboxylic acid groups (broad SMARTS) is 1. The average molecular weight is 575 g/mol. The van der Waals surface area contributed by atoms with Crippen LogP contribution in [0.15, 0.2) is 29.3 Å². The SMILES string of the molecule is CCc1c(C#N)c(SCc2ccc(CN)cc2)nc(N2CCC(N3CCCC3)CC2)c1C#N.O=C(O)C(F)(F)F. The van der Waals surface area contributed by atoms with Gasteiger partial charge in [-0.05, 0) is 61.9 Å². The number of anilines is 1. The van der Waals surface area contributed by atoms with Gasteiger partial charge in [0.25, 0.3) is 0 Å². The Hall–Kier alpha value is -3.32. The van der Waals surface area contributed by atoms with Crippen LogP contribution >= 0.6 is 11.8 Å². The molecule has 2 fully saturated rings. The fourth-order valence-electron chi connectivity index (χ4n) is 4.99. The molecule has 0 spiro atoms. The van der Waals surface area contributed by atoms with E-state index in [0.717, 1.165) is 53.7 Å². The molecule has 2 aliphatic heterocycles. The number of rotatable bonds is 7. The summed E-state index contributed by atoms with van der Waals surface area (Å²) in [6.45, 7) is 6.79. The first-order chi connectivity index (χ1) is 19.1. The third-order valence-corrected chi connectivity index (χ3v) is 8.17. The summed E-state index contributed by atoms with van der Waals surface area (Å²) < 4.78 is 31.7. The van der Waals surface area contributed by atoms with Crippen LogP contribution in [0.3, 0.4) is 0 Å². The third kappa shape index (κ3) is 7.87. The van der Waals surface area contributed by atoms with Gasteiger partial charge in [-0.15, -0.1) is 11.8 Å². The van der Waals surface area contributed by atoms with E-state index in [1.165, 1.54) is 31.5 Å². The maximum Gasteiger partial charge on any atom is 0.490 e. The molecule has 12 heteroatoms. The van der Waals surface area contributed by atoms with Crippen molar-refractivity contribution in [1.82, 2.24) is 9.88 Å². The van der Waals surface area contributed by atoms with Crippen LogP contribution < -0.4 is 10.6 Å². The number of aromatic nitrogens is 1. The molecule has 1 aromatic heterocycles. The predicted octanol–water partition coefficient (Wildman–Crippen LogP) is 4.84.